The van der Waals surface area contributed by atoms with Crippen LogP contribution >= 0.6 is 11.6 Å². The normalized spacial score (nSPS) is 13.0. The van der Waals surface area contributed by atoms with E-state index in [9.17, 15) is 0 Å². The molecule has 4 rings (SSSR count). The lowest BCUT2D eigenvalue weighted by molar-refractivity contribution is 0.873. The summed E-state index contributed by atoms with van der Waals surface area (Å²) in [7, 11) is 0. The van der Waals surface area contributed by atoms with Crippen molar-refractivity contribution in [1.29, 1.82) is 0 Å². The SMILES string of the molecule is Cc1ccc(Cl)cc1-n1nc(-c2ccccn2)c2c1NCC2. The number of hydrogen-bond donors (Lipinski definition) is 1. The van der Waals surface area contributed by atoms with Crippen LogP contribution in [0, 0.1) is 6.92 Å². The summed E-state index contributed by atoms with van der Waals surface area (Å²) in [5.74, 6) is 1.05. The summed E-state index contributed by atoms with van der Waals surface area (Å²) in [6, 6.07) is 11.8. The van der Waals surface area contributed by atoms with Crippen molar-refractivity contribution in [2.24, 2.45) is 0 Å². The van der Waals surface area contributed by atoms with E-state index in [1.165, 1.54) is 5.56 Å². The van der Waals surface area contributed by atoms with Gasteiger partial charge in [0.15, 0.2) is 0 Å². The minimum atomic E-state index is 0.710. The molecule has 4 nitrogen and oxygen atoms in total. The van der Waals surface area contributed by atoms with Crippen LogP contribution in [0.4, 0.5) is 5.82 Å². The van der Waals surface area contributed by atoms with Crippen molar-refractivity contribution in [2.45, 2.75) is 13.3 Å². The molecule has 0 radical (unpaired) electrons. The third-order valence-corrected chi connectivity index (χ3v) is 4.19. The van der Waals surface area contributed by atoms with Gasteiger partial charge < -0.3 is 5.32 Å². The number of fused-ring (bicyclic) bond motifs is 1. The Balaban J connectivity index is 1.94. The molecule has 0 fully saturated rings. The molecule has 0 bridgehead atoms. The summed E-state index contributed by atoms with van der Waals surface area (Å²) in [6.07, 6.45) is 2.76. The topological polar surface area (TPSA) is 42.7 Å². The van der Waals surface area contributed by atoms with E-state index in [-0.39, 0.29) is 0 Å². The van der Waals surface area contributed by atoms with Gasteiger partial charge in [0.1, 0.15) is 11.5 Å². The standard InChI is InChI=1S/C17H15ClN4/c1-11-5-6-12(18)10-15(11)22-17-13(7-9-20-17)16(21-22)14-4-2-3-8-19-14/h2-6,8,10,20H,7,9H2,1H3. The van der Waals surface area contributed by atoms with Gasteiger partial charge in [-0.2, -0.15) is 5.10 Å². The fourth-order valence-electron chi connectivity index (χ4n) is 2.87. The second-order valence-electron chi connectivity index (χ2n) is 5.41. The van der Waals surface area contributed by atoms with Gasteiger partial charge in [-0.1, -0.05) is 23.7 Å². The molecule has 110 valence electrons. The number of nitrogens with one attached hydrogen (secondary N) is 1. The smallest absolute Gasteiger partial charge is 0.133 e. The van der Waals surface area contributed by atoms with Crippen LogP contribution in [0.5, 0.6) is 0 Å². The molecule has 0 unspecified atom stereocenters. The number of nitrogens with zero attached hydrogens (tertiary/aromatic N) is 3. The molecule has 1 aliphatic rings. The Morgan fingerprint density at radius 2 is 2.14 bits per heavy atom. The number of aromatic nitrogens is 3. The molecule has 2 aromatic heterocycles. The van der Waals surface area contributed by atoms with Crippen LogP contribution in [0.15, 0.2) is 42.6 Å². The van der Waals surface area contributed by atoms with Gasteiger partial charge in [-0.3, -0.25) is 4.98 Å². The first-order valence-corrected chi connectivity index (χ1v) is 7.65. The van der Waals surface area contributed by atoms with Crippen LogP contribution in [0.3, 0.4) is 0 Å². The first kappa shape index (κ1) is 13.3. The third kappa shape index (κ3) is 2.07. The van der Waals surface area contributed by atoms with Crippen molar-refractivity contribution in [2.75, 3.05) is 11.9 Å². The van der Waals surface area contributed by atoms with Crippen molar-refractivity contribution < 1.29 is 0 Å². The lowest BCUT2D eigenvalue weighted by Gasteiger charge is -2.10. The third-order valence-electron chi connectivity index (χ3n) is 3.96. The lowest BCUT2D eigenvalue weighted by Crippen LogP contribution is -2.05. The van der Waals surface area contributed by atoms with Gasteiger partial charge in [0.2, 0.25) is 0 Å². The highest BCUT2D eigenvalue weighted by atomic mass is 35.5. The zero-order valence-electron chi connectivity index (χ0n) is 12.2. The molecule has 0 spiro atoms. The van der Waals surface area contributed by atoms with E-state index < -0.39 is 0 Å². The van der Waals surface area contributed by atoms with Crippen LogP contribution in [-0.4, -0.2) is 21.3 Å². The second-order valence-corrected chi connectivity index (χ2v) is 5.85. The van der Waals surface area contributed by atoms with Gasteiger partial charge in [-0.25, -0.2) is 4.68 Å². The molecule has 5 heteroatoms. The molecule has 0 atom stereocenters. The molecule has 1 N–H and O–H groups in total. The fraction of sp³-hybridized carbons (Fsp3) is 0.176. The molecule has 1 aliphatic heterocycles. The first-order valence-electron chi connectivity index (χ1n) is 7.28. The number of pyridine rings is 1. The number of benzene rings is 1. The molecule has 1 aromatic carbocycles. The van der Waals surface area contributed by atoms with Crippen LogP contribution < -0.4 is 5.32 Å². The fourth-order valence-corrected chi connectivity index (χ4v) is 3.03. The molecule has 0 amide bonds. The Labute approximate surface area is 133 Å². The van der Waals surface area contributed by atoms with E-state index in [0.717, 1.165) is 41.4 Å². The number of halogens is 1. The highest BCUT2D eigenvalue weighted by molar-refractivity contribution is 6.30. The van der Waals surface area contributed by atoms with Crippen molar-refractivity contribution in [3.05, 3.63) is 58.7 Å². The largest absolute Gasteiger partial charge is 0.369 e. The van der Waals surface area contributed by atoms with E-state index in [4.69, 9.17) is 16.7 Å². The van der Waals surface area contributed by atoms with Crippen molar-refractivity contribution in [1.82, 2.24) is 14.8 Å². The lowest BCUT2D eigenvalue weighted by atomic mass is 10.1. The Morgan fingerprint density at radius 3 is 2.95 bits per heavy atom. The summed E-state index contributed by atoms with van der Waals surface area (Å²) in [5, 5.41) is 8.95. The zero-order valence-corrected chi connectivity index (χ0v) is 12.9. The summed E-state index contributed by atoms with van der Waals surface area (Å²) < 4.78 is 1.95. The minimum Gasteiger partial charge on any atom is -0.369 e. The molecule has 0 aliphatic carbocycles. The van der Waals surface area contributed by atoms with E-state index in [1.54, 1.807) is 6.20 Å². The summed E-state index contributed by atoms with van der Waals surface area (Å²) in [6.45, 7) is 2.99. The Bertz CT molecular complexity index is 839. The summed E-state index contributed by atoms with van der Waals surface area (Å²) in [4.78, 5) is 4.44. The van der Waals surface area contributed by atoms with Gasteiger partial charge in [-0.05, 0) is 43.2 Å². The molecule has 3 heterocycles. The summed E-state index contributed by atoms with van der Waals surface area (Å²) in [5.41, 5.74) is 5.20. The number of hydrogen-bond acceptors (Lipinski definition) is 3. The van der Waals surface area contributed by atoms with E-state index in [0.29, 0.717) is 5.02 Å². The molecular formula is C17H15ClN4. The predicted octanol–water partition coefficient (Wildman–Crippen LogP) is 3.86. The Hall–Kier alpha value is -2.33. The molecule has 0 saturated carbocycles. The highest BCUT2D eigenvalue weighted by Crippen LogP contribution is 2.34. The van der Waals surface area contributed by atoms with Crippen LogP contribution in [0.2, 0.25) is 5.02 Å². The molecular weight excluding hydrogens is 296 g/mol. The first-order chi connectivity index (χ1) is 10.7. The Kier molecular flexibility index (Phi) is 3.12. The monoisotopic (exact) mass is 310 g/mol. The average molecular weight is 311 g/mol. The summed E-state index contributed by atoms with van der Waals surface area (Å²) >= 11 is 6.17. The van der Waals surface area contributed by atoms with Gasteiger partial charge in [-0.15, -0.1) is 0 Å². The zero-order chi connectivity index (χ0) is 15.1. The molecule has 3 aromatic rings. The van der Waals surface area contributed by atoms with Gasteiger partial charge >= 0.3 is 0 Å². The minimum absolute atomic E-state index is 0.710. The molecule has 0 saturated heterocycles. The van der Waals surface area contributed by atoms with Crippen LogP contribution in [0.1, 0.15) is 11.1 Å². The van der Waals surface area contributed by atoms with E-state index in [2.05, 4.69) is 17.2 Å². The predicted molar refractivity (Wildman–Crippen MR) is 88.7 cm³/mol. The number of anilines is 1. The number of aryl methyl sites for hydroxylation is 1. The molecule has 22 heavy (non-hydrogen) atoms. The van der Waals surface area contributed by atoms with Gasteiger partial charge in [0, 0.05) is 23.3 Å². The second kappa shape index (κ2) is 5.14. The maximum atomic E-state index is 6.17. The maximum Gasteiger partial charge on any atom is 0.133 e. The average Bonchev–Trinajstić information content (AvgIpc) is 3.13. The van der Waals surface area contributed by atoms with Crippen molar-refractivity contribution in [3.8, 4) is 17.1 Å². The maximum absolute atomic E-state index is 6.17. The van der Waals surface area contributed by atoms with Crippen molar-refractivity contribution >= 4 is 17.4 Å². The quantitative estimate of drug-likeness (QED) is 0.781. The highest BCUT2D eigenvalue weighted by Gasteiger charge is 2.25. The van der Waals surface area contributed by atoms with Gasteiger partial charge in [0.25, 0.3) is 0 Å². The van der Waals surface area contributed by atoms with E-state index >= 15 is 0 Å². The van der Waals surface area contributed by atoms with Gasteiger partial charge in [0.05, 0.1) is 11.4 Å². The van der Waals surface area contributed by atoms with Crippen LogP contribution in [0.25, 0.3) is 17.1 Å². The Morgan fingerprint density at radius 1 is 1.23 bits per heavy atom. The number of rotatable bonds is 2. The van der Waals surface area contributed by atoms with Crippen LogP contribution in [-0.2, 0) is 6.42 Å². The van der Waals surface area contributed by atoms with Crippen molar-refractivity contribution in [3.63, 3.8) is 0 Å². The van der Waals surface area contributed by atoms with E-state index in [1.807, 2.05) is 41.1 Å².